The molecule has 2 rings (SSSR count). The van der Waals surface area contributed by atoms with Gasteiger partial charge in [-0.3, -0.25) is 5.43 Å². The van der Waals surface area contributed by atoms with Gasteiger partial charge in [-0.2, -0.15) is 5.10 Å². The van der Waals surface area contributed by atoms with Crippen LogP contribution in [-0.2, 0) is 0 Å². The Morgan fingerprint density at radius 2 is 1.95 bits per heavy atom. The summed E-state index contributed by atoms with van der Waals surface area (Å²) in [6.45, 7) is 3.56. The van der Waals surface area contributed by atoms with Crippen molar-refractivity contribution in [2.45, 2.75) is 13.8 Å². The Labute approximate surface area is 115 Å². The summed E-state index contributed by atoms with van der Waals surface area (Å²) in [5, 5.41) is 4.52. The van der Waals surface area contributed by atoms with Crippen molar-refractivity contribution in [3.05, 3.63) is 52.7 Å². The Kier molecular flexibility index (Phi) is 4.06. The number of anilines is 1. The summed E-state index contributed by atoms with van der Waals surface area (Å²) in [7, 11) is 0. The first-order valence-electron chi connectivity index (χ1n) is 5.62. The maximum atomic E-state index is 12.8. The fraction of sp³-hybridized carbons (Fsp3) is 0.154. The van der Waals surface area contributed by atoms with Crippen LogP contribution in [0.5, 0.6) is 0 Å². The van der Waals surface area contributed by atoms with E-state index >= 15 is 0 Å². The van der Waals surface area contributed by atoms with E-state index in [-0.39, 0.29) is 5.82 Å². The maximum Gasteiger partial charge on any atom is 0.151 e. The molecule has 0 unspecified atom stereocenters. The first-order chi connectivity index (χ1) is 9.04. The Morgan fingerprint density at radius 3 is 2.58 bits per heavy atom. The largest absolute Gasteiger partial charge is 0.261 e. The molecule has 1 N–H and O–H groups in total. The molecule has 6 heteroatoms. The average molecular weight is 279 g/mol. The maximum absolute atomic E-state index is 12.8. The summed E-state index contributed by atoms with van der Waals surface area (Å²) >= 11 is 5.82. The third kappa shape index (κ3) is 3.72. The van der Waals surface area contributed by atoms with Gasteiger partial charge in [0.25, 0.3) is 0 Å². The SMILES string of the molecule is C/C(=N\Nc1cc(Cl)nc(C)n1)c1ccc(F)cc1. The number of aryl methyl sites for hydroxylation is 1. The summed E-state index contributed by atoms with van der Waals surface area (Å²) in [5.74, 6) is 0.798. The summed E-state index contributed by atoms with van der Waals surface area (Å²) in [5.41, 5.74) is 4.34. The highest BCUT2D eigenvalue weighted by atomic mass is 35.5. The number of hydrogen-bond acceptors (Lipinski definition) is 4. The third-order valence-corrected chi connectivity index (χ3v) is 2.60. The van der Waals surface area contributed by atoms with Crippen LogP contribution in [0.15, 0.2) is 35.4 Å². The molecule has 0 amide bonds. The van der Waals surface area contributed by atoms with E-state index < -0.39 is 0 Å². The van der Waals surface area contributed by atoms with Crippen molar-refractivity contribution in [2.24, 2.45) is 5.10 Å². The highest BCUT2D eigenvalue weighted by Crippen LogP contribution is 2.11. The number of hydrazone groups is 1. The highest BCUT2D eigenvalue weighted by Gasteiger charge is 2.00. The van der Waals surface area contributed by atoms with Crippen LogP contribution in [0.2, 0.25) is 5.15 Å². The molecular weight excluding hydrogens is 267 g/mol. The molecule has 0 fully saturated rings. The van der Waals surface area contributed by atoms with Gasteiger partial charge in [0, 0.05) is 6.07 Å². The fourth-order valence-electron chi connectivity index (χ4n) is 1.49. The van der Waals surface area contributed by atoms with Crippen LogP contribution in [0.4, 0.5) is 10.2 Å². The van der Waals surface area contributed by atoms with E-state index in [1.165, 1.54) is 12.1 Å². The van der Waals surface area contributed by atoms with Crippen LogP contribution < -0.4 is 5.43 Å². The standard InChI is InChI=1S/C13H12ClFN4/c1-8(10-3-5-11(15)6-4-10)18-19-13-7-12(14)16-9(2)17-13/h3-7H,1-2H3,(H,16,17,19)/b18-8+. The zero-order valence-electron chi connectivity index (χ0n) is 10.5. The average Bonchev–Trinajstić information content (AvgIpc) is 2.36. The number of hydrogen-bond donors (Lipinski definition) is 1. The molecule has 2 aromatic rings. The predicted molar refractivity (Wildman–Crippen MR) is 74.0 cm³/mol. The lowest BCUT2D eigenvalue weighted by Crippen LogP contribution is -2.02. The van der Waals surface area contributed by atoms with Gasteiger partial charge in [-0.25, -0.2) is 14.4 Å². The lowest BCUT2D eigenvalue weighted by molar-refractivity contribution is 0.628. The summed E-state index contributed by atoms with van der Waals surface area (Å²) < 4.78 is 12.8. The third-order valence-electron chi connectivity index (χ3n) is 2.41. The molecule has 4 nitrogen and oxygen atoms in total. The molecule has 0 saturated heterocycles. The summed E-state index contributed by atoms with van der Waals surface area (Å²) in [6.07, 6.45) is 0. The second kappa shape index (κ2) is 5.75. The smallest absolute Gasteiger partial charge is 0.151 e. The van der Waals surface area contributed by atoms with Gasteiger partial charge in [-0.1, -0.05) is 23.7 Å². The lowest BCUT2D eigenvalue weighted by atomic mass is 10.1. The second-order valence-electron chi connectivity index (χ2n) is 3.94. The van der Waals surface area contributed by atoms with Gasteiger partial charge in [0.05, 0.1) is 5.71 Å². The Bertz CT molecular complexity index is 590. The van der Waals surface area contributed by atoms with Crippen LogP contribution in [0.25, 0.3) is 0 Å². The topological polar surface area (TPSA) is 50.2 Å². The summed E-state index contributed by atoms with van der Waals surface area (Å²) in [6, 6.07) is 7.68. The highest BCUT2D eigenvalue weighted by molar-refractivity contribution is 6.29. The molecule has 0 spiro atoms. The number of nitrogens with zero attached hydrogens (tertiary/aromatic N) is 3. The van der Waals surface area contributed by atoms with Crippen LogP contribution in [0.3, 0.4) is 0 Å². The zero-order valence-corrected chi connectivity index (χ0v) is 11.2. The minimum absolute atomic E-state index is 0.275. The van der Waals surface area contributed by atoms with Crippen molar-refractivity contribution in [1.29, 1.82) is 0 Å². The fourth-order valence-corrected chi connectivity index (χ4v) is 1.71. The van der Waals surface area contributed by atoms with Gasteiger partial charge in [-0.05, 0) is 31.5 Å². The molecule has 98 valence electrons. The molecule has 0 atom stereocenters. The molecular formula is C13H12ClFN4. The molecule has 1 heterocycles. The van der Waals surface area contributed by atoms with Gasteiger partial charge in [0.15, 0.2) is 5.82 Å². The molecule has 0 aliphatic rings. The van der Waals surface area contributed by atoms with E-state index in [0.717, 1.165) is 5.56 Å². The Hall–Kier alpha value is -2.01. The first-order valence-corrected chi connectivity index (χ1v) is 6.00. The number of rotatable bonds is 3. The number of nitrogens with one attached hydrogen (secondary N) is 1. The molecule has 0 saturated carbocycles. The quantitative estimate of drug-likeness (QED) is 0.532. The first kappa shape index (κ1) is 13.4. The number of aromatic nitrogens is 2. The van der Waals surface area contributed by atoms with Gasteiger partial charge in [0.2, 0.25) is 0 Å². The van der Waals surface area contributed by atoms with Gasteiger partial charge in [-0.15, -0.1) is 0 Å². The van der Waals surface area contributed by atoms with E-state index in [9.17, 15) is 4.39 Å². The van der Waals surface area contributed by atoms with Gasteiger partial charge in [0.1, 0.15) is 16.8 Å². The number of halogens is 2. The van der Waals surface area contributed by atoms with Crippen molar-refractivity contribution in [1.82, 2.24) is 9.97 Å². The molecule has 1 aromatic carbocycles. The lowest BCUT2D eigenvalue weighted by Gasteiger charge is -2.04. The molecule has 0 bridgehead atoms. The normalized spacial score (nSPS) is 11.5. The predicted octanol–water partition coefficient (Wildman–Crippen LogP) is 3.41. The monoisotopic (exact) mass is 278 g/mol. The Morgan fingerprint density at radius 1 is 1.26 bits per heavy atom. The van der Waals surface area contributed by atoms with Gasteiger partial charge >= 0.3 is 0 Å². The van der Waals surface area contributed by atoms with Crippen molar-refractivity contribution in [2.75, 3.05) is 5.43 Å². The Balaban J connectivity index is 2.15. The minimum atomic E-state index is -0.275. The van der Waals surface area contributed by atoms with E-state index in [1.807, 2.05) is 6.92 Å². The molecule has 0 radical (unpaired) electrons. The molecule has 0 aliphatic heterocycles. The second-order valence-corrected chi connectivity index (χ2v) is 4.33. The summed E-state index contributed by atoms with van der Waals surface area (Å²) in [4.78, 5) is 8.09. The molecule has 0 aliphatic carbocycles. The van der Waals surface area contributed by atoms with E-state index in [1.54, 1.807) is 25.1 Å². The van der Waals surface area contributed by atoms with Crippen molar-refractivity contribution in [3.8, 4) is 0 Å². The van der Waals surface area contributed by atoms with Crippen LogP contribution >= 0.6 is 11.6 Å². The number of benzene rings is 1. The van der Waals surface area contributed by atoms with Crippen molar-refractivity contribution < 1.29 is 4.39 Å². The minimum Gasteiger partial charge on any atom is -0.261 e. The van der Waals surface area contributed by atoms with E-state index in [0.29, 0.717) is 22.5 Å². The van der Waals surface area contributed by atoms with Crippen LogP contribution in [0, 0.1) is 12.7 Å². The van der Waals surface area contributed by atoms with Crippen LogP contribution in [-0.4, -0.2) is 15.7 Å². The molecule has 1 aromatic heterocycles. The van der Waals surface area contributed by atoms with E-state index in [4.69, 9.17) is 11.6 Å². The molecule has 19 heavy (non-hydrogen) atoms. The van der Waals surface area contributed by atoms with Crippen LogP contribution in [0.1, 0.15) is 18.3 Å². The zero-order chi connectivity index (χ0) is 13.8. The van der Waals surface area contributed by atoms with Crippen molar-refractivity contribution in [3.63, 3.8) is 0 Å². The van der Waals surface area contributed by atoms with Gasteiger partial charge < -0.3 is 0 Å². The van der Waals surface area contributed by atoms with Crippen molar-refractivity contribution >= 4 is 23.1 Å². The van der Waals surface area contributed by atoms with E-state index in [2.05, 4.69) is 20.5 Å².